The van der Waals surface area contributed by atoms with Crippen LogP contribution < -0.4 is 14.8 Å². The van der Waals surface area contributed by atoms with E-state index in [9.17, 15) is 13.2 Å². The van der Waals surface area contributed by atoms with Crippen molar-refractivity contribution in [3.63, 3.8) is 0 Å². The van der Waals surface area contributed by atoms with Gasteiger partial charge in [-0.2, -0.15) is 18.2 Å². The summed E-state index contributed by atoms with van der Waals surface area (Å²) in [6.45, 7) is 6.26. The number of anilines is 2. The van der Waals surface area contributed by atoms with Gasteiger partial charge in [-0.1, -0.05) is 33.1 Å². The minimum absolute atomic E-state index is 0.0390. The number of hydrogen-bond donors (Lipinski definition) is 1. The molecule has 2 rings (SSSR count). The van der Waals surface area contributed by atoms with Crippen LogP contribution in [0.2, 0.25) is 0 Å². The van der Waals surface area contributed by atoms with Gasteiger partial charge in [0.1, 0.15) is 11.3 Å². The first-order valence-electron chi connectivity index (χ1n) is 9.94. The molecule has 29 heavy (non-hydrogen) atoms. The number of halogens is 3. The lowest BCUT2D eigenvalue weighted by atomic mass is 10.2. The molecule has 2 aromatic rings. The zero-order valence-electron chi connectivity index (χ0n) is 17.1. The Hall–Kier alpha value is -2.51. The van der Waals surface area contributed by atoms with Crippen molar-refractivity contribution in [2.75, 3.05) is 11.9 Å². The maximum atomic E-state index is 13.2. The predicted octanol–water partition coefficient (Wildman–Crippen LogP) is 6.38. The topological polar surface area (TPSA) is 56.3 Å². The number of rotatable bonds is 11. The van der Waals surface area contributed by atoms with Gasteiger partial charge >= 0.3 is 6.18 Å². The van der Waals surface area contributed by atoms with Crippen molar-refractivity contribution in [1.29, 1.82) is 0 Å². The SMILES string of the molecule is CCCCCCOc1nc(Nc2ccc(OC(C)CC)cc2)ncc1C(F)(F)F. The van der Waals surface area contributed by atoms with Crippen LogP contribution in [-0.4, -0.2) is 22.7 Å². The van der Waals surface area contributed by atoms with Gasteiger partial charge in [0.25, 0.3) is 0 Å². The van der Waals surface area contributed by atoms with Crippen LogP contribution in [0.3, 0.4) is 0 Å². The van der Waals surface area contributed by atoms with Gasteiger partial charge in [-0.3, -0.25) is 0 Å². The zero-order chi connectivity index (χ0) is 21.3. The van der Waals surface area contributed by atoms with Crippen molar-refractivity contribution in [2.24, 2.45) is 0 Å². The van der Waals surface area contributed by atoms with E-state index in [-0.39, 0.29) is 18.7 Å². The number of benzene rings is 1. The second-order valence-electron chi connectivity index (χ2n) is 6.81. The van der Waals surface area contributed by atoms with Crippen LogP contribution in [0.25, 0.3) is 0 Å². The van der Waals surface area contributed by atoms with Crippen molar-refractivity contribution in [1.82, 2.24) is 9.97 Å². The van der Waals surface area contributed by atoms with E-state index in [1.807, 2.05) is 13.8 Å². The zero-order valence-corrected chi connectivity index (χ0v) is 17.1. The van der Waals surface area contributed by atoms with E-state index >= 15 is 0 Å². The minimum atomic E-state index is -4.58. The van der Waals surface area contributed by atoms with E-state index in [4.69, 9.17) is 9.47 Å². The molecule has 5 nitrogen and oxygen atoms in total. The number of nitrogens with one attached hydrogen (secondary N) is 1. The molecule has 0 aliphatic heterocycles. The van der Waals surface area contributed by atoms with E-state index in [0.717, 1.165) is 31.9 Å². The van der Waals surface area contributed by atoms with Gasteiger partial charge in [-0.25, -0.2) is 4.98 Å². The summed E-state index contributed by atoms with van der Waals surface area (Å²) in [6, 6.07) is 7.07. The molecule has 0 amide bonds. The van der Waals surface area contributed by atoms with E-state index in [2.05, 4.69) is 22.2 Å². The maximum absolute atomic E-state index is 13.2. The number of unbranched alkanes of at least 4 members (excludes halogenated alkanes) is 3. The molecule has 0 saturated heterocycles. The van der Waals surface area contributed by atoms with Crippen molar-refractivity contribution >= 4 is 11.6 Å². The number of hydrogen-bond acceptors (Lipinski definition) is 5. The Morgan fingerprint density at radius 2 is 1.79 bits per heavy atom. The summed E-state index contributed by atoms with van der Waals surface area (Å²) >= 11 is 0. The Morgan fingerprint density at radius 1 is 1.07 bits per heavy atom. The van der Waals surface area contributed by atoms with Crippen LogP contribution >= 0.6 is 0 Å². The fraction of sp³-hybridized carbons (Fsp3) is 0.524. The van der Waals surface area contributed by atoms with Crippen LogP contribution in [0.1, 0.15) is 58.4 Å². The lowest BCUT2D eigenvalue weighted by molar-refractivity contribution is -0.139. The molecule has 1 unspecified atom stereocenters. The molecule has 0 bridgehead atoms. The highest BCUT2D eigenvalue weighted by Crippen LogP contribution is 2.35. The molecule has 1 atom stereocenters. The van der Waals surface area contributed by atoms with Crippen LogP contribution in [-0.2, 0) is 6.18 Å². The predicted molar refractivity (Wildman–Crippen MR) is 107 cm³/mol. The molecule has 160 valence electrons. The molecule has 0 spiro atoms. The third kappa shape index (κ3) is 7.44. The van der Waals surface area contributed by atoms with Crippen molar-refractivity contribution in [3.05, 3.63) is 36.0 Å². The Balaban J connectivity index is 2.09. The maximum Gasteiger partial charge on any atom is 0.423 e. The molecule has 0 saturated carbocycles. The van der Waals surface area contributed by atoms with E-state index in [1.165, 1.54) is 0 Å². The quantitative estimate of drug-likeness (QED) is 0.435. The molecular weight excluding hydrogens is 383 g/mol. The van der Waals surface area contributed by atoms with Gasteiger partial charge in [0, 0.05) is 11.9 Å². The summed E-state index contributed by atoms with van der Waals surface area (Å²) in [5, 5.41) is 2.90. The second-order valence-corrected chi connectivity index (χ2v) is 6.81. The highest BCUT2D eigenvalue weighted by Gasteiger charge is 2.36. The fourth-order valence-electron chi connectivity index (χ4n) is 2.49. The van der Waals surface area contributed by atoms with E-state index < -0.39 is 17.6 Å². The second kappa shape index (κ2) is 10.9. The Labute approximate surface area is 169 Å². The standard InChI is InChI=1S/C21H28F3N3O2/c1-4-6-7-8-13-28-19-18(21(22,23)24)14-25-20(27-19)26-16-9-11-17(12-10-16)29-15(3)5-2/h9-12,14-15H,4-8,13H2,1-3H3,(H,25,26,27). The summed E-state index contributed by atoms with van der Waals surface area (Å²) in [4.78, 5) is 7.73. The monoisotopic (exact) mass is 411 g/mol. The minimum Gasteiger partial charge on any atom is -0.491 e. The first-order chi connectivity index (χ1) is 13.8. The molecule has 0 aliphatic rings. The molecule has 0 aliphatic carbocycles. The molecule has 0 fully saturated rings. The average molecular weight is 411 g/mol. The summed E-state index contributed by atoms with van der Waals surface area (Å²) in [6.07, 6.45) is 0.793. The number of aromatic nitrogens is 2. The first kappa shape index (κ1) is 22.8. The molecule has 8 heteroatoms. The first-order valence-corrected chi connectivity index (χ1v) is 9.94. The van der Waals surface area contributed by atoms with Gasteiger partial charge in [-0.15, -0.1) is 0 Å². The van der Waals surface area contributed by atoms with Crippen LogP contribution in [0.15, 0.2) is 30.5 Å². The Morgan fingerprint density at radius 3 is 2.41 bits per heavy atom. The third-order valence-corrected chi connectivity index (χ3v) is 4.32. The summed E-state index contributed by atoms with van der Waals surface area (Å²) < 4.78 is 50.7. The number of ether oxygens (including phenoxy) is 2. The average Bonchev–Trinajstić information content (AvgIpc) is 2.68. The molecular formula is C21H28F3N3O2. The summed E-state index contributed by atoms with van der Waals surface area (Å²) in [5.74, 6) is 0.301. The molecule has 1 N–H and O–H groups in total. The summed E-state index contributed by atoms with van der Waals surface area (Å²) in [7, 11) is 0. The smallest absolute Gasteiger partial charge is 0.423 e. The van der Waals surface area contributed by atoms with Gasteiger partial charge in [0.15, 0.2) is 0 Å². The summed E-state index contributed by atoms with van der Waals surface area (Å²) in [5.41, 5.74) is -0.342. The molecule has 0 radical (unpaired) electrons. The third-order valence-electron chi connectivity index (χ3n) is 4.32. The lowest BCUT2D eigenvalue weighted by Gasteiger charge is -2.15. The fourth-order valence-corrected chi connectivity index (χ4v) is 2.49. The van der Waals surface area contributed by atoms with Crippen LogP contribution in [0.4, 0.5) is 24.8 Å². The molecule has 1 aromatic carbocycles. The highest BCUT2D eigenvalue weighted by molar-refractivity contribution is 5.55. The van der Waals surface area contributed by atoms with Crippen molar-refractivity contribution < 1.29 is 22.6 Å². The van der Waals surface area contributed by atoms with Gasteiger partial charge in [-0.05, 0) is 44.0 Å². The largest absolute Gasteiger partial charge is 0.491 e. The highest BCUT2D eigenvalue weighted by atomic mass is 19.4. The Bertz CT molecular complexity index is 752. The van der Waals surface area contributed by atoms with E-state index in [1.54, 1.807) is 24.3 Å². The number of alkyl halides is 3. The van der Waals surface area contributed by atoms with Crippen molar-refractivity contribution in [2.45, 2.75) is 65.2 Å². The lowest BCUT2D eigenvalue weighted by Crippen LogP contribution is -2.13. The normalized spacial score (nSPS) is 12.5. The van der Waals surface area contributed by atoms with Crippen LogP contribution in [0.5, 0.6) is 11.6 Å². The van der Waals surface area contributed by atoms with Gasteiger partial charge in [0.2, 0.25) is 11.8 Å². The van der Waals surface area contributed by atoms with Crippen molar-refractivity contribution in [3.8, 4) is 11.6 Å². The number of nitrogens with zero attached hydrogens (tertiary/aromatic N) is 2. The molecule has 1 heterocycles. The molecule has 1 aromatic heterocycles. The van der Waals surface area contributed by atoms with E-state index in [0.29, 0.717) is 17.9 Å². The van der Waals surface area contributed by atoms with Gasteiger partial charge in [0.05, 0.1) is 12.7 Å². The Kier molecular flexibility index (Phi) is 8.54. The van der Waals surface area contributed by atoms with Gasteiger partial charge < -0.3 is 14.8 Å². The van der Waals surface area contributed by atoms with Crippen LogP contribution in [0, 0.1) is 0 Å².